The Morgan fingerprint density at radius 2 is 2.19 bits per heavy atom. The molecule has 0 atom stereocenters. The molecule has 4 nitrogen and oxygen atoms in total. The van der Waals surface area contributed by atoms with E-state index >= 15 is 0 Å². The minimum absolute atomic E-state index is 0.750. The van der Waals surface area contributed by atoms with E-state index in [0.717, 1.165) is 26.2 Å². The fraction of sp³-hybridized carbons (Fsp3) is 0.417. The van der Waals surface area contributed by atoms with Crippen LogP contribution in [0.4, 0.5) is 0 Å². The standard InChI is InChI=1S/C12H17N3O/c1-16-9-7-13-6-8-15-12-5-3-2-4-11(12)10-14-15/h2-5,10,13H,6-9H2,1H3. The number of aromatic nitrogens is 2. The highest BCUT2D eigenvalue weighted by Gasteiger charge is 1.99. The Hall–Kier alpha value is -1.39. The van der Waals surface area contributed by atoms with Crippen molar-refractivity contribution in [2.24, 2.45) is 0 Å². The van der Waals surface area contributed by atoms with E-state index < -0.39 is 0 Å². The number of para-hydroxylation sites is 1. The maximum Gasteiger partial charge on any atom is 0.0682 e. The Kier molecular flexibility index (Phi) is 3.91. The number of hydrogen-bond acceptors (Lipinski definition) is 3. The van der Waals surface area contributed by atoms with Gasteiger partial charge in [-0.1, -0.05) is 18.2 Å². The maximum absolute atomic E-state index is 4.96. The smallest absolute Gasteiger partial charge is 0.0682 e. The van der Waals surface area contributed by atoms with Crippen LogP contribution in [0, 0.1) is 0 Å². The molecule has 0 unspecified atom stereocenters. The Morgan fingerprint density at radius 1 is 1.31 bits per heavy atom. The van der Waals surface area contributed by atoms with Crippen molar-refractivity contribution < 1.29 is 4.74 Å². The van der Waals surface area contributed by atoms with Gasteiger partial charge in [-0.25, -0.2) is 0 Å². The van der Waals surface area contributed by atoms with Crippen LogP contribution in [0.25, 0.3) is 10.9 Å². The molecule has 1 aromatic heterocycles. The van der Waals surface area contributed by atoms with Crippen molar-refractivity contribution in [3.63, 3.8) is 0 Å². The molecule has 0 aliphatic carbocycles. The zero-order chi connectivity index (χ0) is 11.2. The molecule has 0 amide bonds. The van der Waals surface area contributed by atoms with E-state index in [1.807, 2.05) is 23.0 Å². The van der Waals surface area contributed by atoms with Gasteiger partial charge in [0.1, 0.15) is 0 Å². The number of benzene rings is 1. The number of rotatable bonds is 6. The lowest BCUT2D eigenvalue weighted by molar-refractivity contribution is 0.199. The fourth-order valence-electron chi connectivity index (χ4n) is 1.69. The Bertz CT molecular complexity index is 439. The first kappa shape index (κ1) is 11.1. The van der Waals surface area contributed by atoms with Crippen LogP contribution in [0.15, 0.2) is 30.5 Å². The number of hydrogen-bond donors (Lipinski definition) is 1. The van der Waals surface area contributed by atoms with Crippen LogP contribution in [-0.2, 0) is 11.3 Å². The van der Waals surface area contributed by atoms with Gasteiger partial charge in [0.2, 0.25) is 0 Å². The summed E-state index contributed by atoms with van der Waals surface area (Å²) in [4.78, 5) is 0. The van der Waals surface area contributed by atoms with E-state index in [4.69, 9.17) is 4.74 Å². The minimum atomic E-state index is 0.750. The van der Waals surface area contributed by atoms with Crippen molar-refractivity contribution in [1.29, 1.82) is 0 Å². The molecule has 0 spiro atoms. The summed E-state index contributed by atoms with van der Waals surface area (Å²) >= 11 is 0. The quantitative estimate of drug-likeness (QED) is 0.744. The Balaban J connectivity index is 1.89. The summed E-state index contributed by atoms with van der Waals surface area (Å²) in [6.07, 6.45) is 1.91. The second-order valence-electron chi connectivity index (χ2n) is 3.67. The third-order valence-electron chi connectivity index (χ3n) is 2.53. The molecule has 0 saturated carbocycles. The molecule has 16 heavy (non-hydrogen) atoms. The third-order valence-corrected chi connectivity index (χ3v) is 2.53. The highest BCUT2D eigenvalue weighted by Crippen LogP contribution is 2.11. The number of ether oxygens (including phenoxy) is 1. The van der Waals surface area contributed by atoms with E-state index in [2.05, 4.69) is 22.5 Å². The summed E-state index contributed by atoms with van der Waals surface area (Å²) in [5, 5.41) is 8.86. The summed E-state index contributed by atoms with van der Waals surface area (Å²) in [7, 11) is 1.71. The number of nitrogens with zero attached hydrogens (tertiary/aromatic N) is 2. The van der Waals surface area contributed by atoms with Crippen LogP contribution in [0.1, 0.15) is 0 Å². The second-order valence-corrected chi connectivity index (χ2v) is 3.67. The number of fused-ring (bicyclic) bond motifs is 1. The minimum Gasteiger partial charge on any atom is -0.383 e. The fourth-order valence-corrected chi connectivity index (χ4v) is 1.69. The van der Waals surface area contributed by atoms with Gasteiger partial charge in [0, 0.05) is 25.6 Å². The highest BCUT2D eigenvalue weighted by molar-refractivity contribution is 5.78. The summed E-state index contributed by atoms with van der Waals surface area (Å²) in [5.41, 5.74) is 1.19. The normalized spacial score (nSPS) is 11.1. The molecule has 1 N–H and O–H groups in total. The summed E-state index contributed by atoms with van der Waals surface area (Å²) in [6.45, 7) is 3.43. The molecule has 0 aliphatic rings. The van der Waals surface area contributed by atoms with E-state index in [-0.39, 0.29) is 0 Å². The van der Waals surface area contributed by atoms with Gasteiger partial charge in [0.15, 0.2) is 0 Å². The van der Waals surface area contributed by atoms with Crippen molar-refractivity contribution in [3.8, 4) is 0 Å². The molecule has 2 aromatic rings. The van der Waals surface area contributed by atoms with Crippen molar-refractivity contribution in [2.75, 3.05) is 26.8 Å². The van der Waals surface area contributed by atoms with Gasteiger partial charge in [-0.15, -0.1) is 0 Å². The average Bonchev–Trinajstić information content (AvgIpc) is 2.73. The van der Waals surface area contributed by atoms with Crippen LogP contribution >= 0.6 is 0 Å². The number of nitrogens with one attached hydrogen (secondary N) is 1. The van der Waals surface area contributed by atoms with E-state index in [9.17, 15) is 0 Å². The van der Waals surface area contributed by atoms with Crippen LogP contribution < -0.4 is 5.32 Å². The van der Waals surface area contributed by atoms with E-state index in [1.54, 1.807) is 7.11 Å². The zero-order valence-electron chi connectivity index (χ0n) is 9.52. The first-order valence-corrected chi connectivity index (χ1v) is 5.52. The zero-order valence-corrected chi connectivity index (χ0v) is 9.52. The first-order valence-electron chi connectivity index (χ1n) is 5.52. The van der Waals surface area contributed by atoms with Crippen LogP contribution in [0.3, 0.4) is 0 Å². The largest absolute Gasteiger partial charge is 0.383 e. The van der Waals surface area contributed by atoms with E-state index in [1.165, 1.54) is 10.9 Å². The molecule has 86 valence electrons. The molecule has 1 aromatic carbocycles. The summed E-state index contributed by atoms with van der Waals surface area (Å²) < 4.78 is 6.99. The number of methoxy groups -OCH3 is 1. The van der Waals surface area contributed by atoms with Gasteiger partial charge in [-0.05, 0) is 6.07 Å². The SMILES string of the molecule is COCCNCCn1ncc2ccccc21. The molecule has 0 fully saturated rings. The first-order chi connectivity index (χ1) is 7.92. The molecular weight excluding hydrogens is 202 g/mol. The van der Waals surface area contributed by atoms with Gasteiger partial charge in [0.25, 0.3) is 0 Å². The molecule has 0 radical (unpaired) electrons. The van der Waals surface area contributed by atoms with Crippen molar-refractivity contribution >= 4 is 10.9 Å². The lowest BCUT2D eigenvalue weighted by Crippen LogP contribution is -2.23. The Labute approximate surface area is 95.2 Å². The Morgan fingerprint density at radius 3 is 3.06 bits per heavy atom. The summed E-state index contributed by atoms with van der Waals surface area (Å²) in [5.74, 6) is 0. The molecule has 0 bridgehead atoms. The molecule has 1 heterocycles. The van der Waals surface area contributed by atoms with Gasteiger partial charge in [0.05, 0.1) is 24.9 Å². The molecule has 2 rings (SSSR count). The average molecular weight is 219 g/mol. The predicted molar refractivity (Wildman–Crippen MR) is 64.5 cm³/mol. The van der Waals surface area contributed by atoms with Crippen molar-refractivity contribution in [1.82, 2.24) is 15.1 Å². The topological polar surface area (TPSA) is 39.1 Å². The molecule has 0 aliphatic heterocycles. The van der Waals surface area contributed by atoms with E-state index in [0.29, 0.717) is 0 Å². The van der Waals surface area contributed by atoms with Gasteiger partial charge < -0.3 is 10.1 Å². The lowest BCUT2D eigenvalue weighted by atomic mass is 10.3. The highest BCUT2D eigenvalue weighted by atomic mass is 16.5. The second kappa shape index (κ2) is 5.63. The monoisotopic (exact) mass is 219 g/mol. The molecular formula is C12H17N3O. The van der Waals surface area contributed by atoms with Gasteiger partial charge in [-0.3, -0.25) is 4.68 Å². The van der Waals surface area contributed by atoms with Crippen LogP contribution in [0.2, 0.25) is 0 Å². The lowest BCUT2D eigenvalue weighted by Gasteiger charge is -2.05. The maximum atomic E-state index is 4.96. The molecule has 0 saturated heterocycles. The van der Waals surface area contributed by atoms with Crippen LogP contribution in [0.5, 0.6) is 0 Å². The summed E-state index contributed by atoms with van der Waals surface area (Å²) in [6, 6.07) is 8.25. The predicted octanol–water partition coefficient (Wildman–Crippen LogP) is 1.27. The van der Waals surface area contributed by atoms with Crippen molar-refractivity contribution in [3.05, 3.63) is 30.5 Å². The molecule has 4 heteroatoms. The van der Waals surface area contributed by atoms with Gasteiger partial charge >= 0.3 is 0 Å². The van der Waals surface area contributed by atoms with Gasteiger partial charge in [-0.2, -0.15) is 5.10 Å². The van der Waals surface area contributed by atoms with Crippen LogP contribution in [-0.4, -0.2) is 36.6 Å². The third kappa shape index (κ3) is 2.59. The van der Waals surface area contributed by atoms with Crippen molar-refractivity contribution in [2.45, 2.75) is 6.54 Å².